The average Bonchev–Trinajstić information content (AvgIpc) is 3.31. The van der Waals surface area contributed by atoms with Gasteiger partial charge in [-0.2, -0.15) is 0 Å². The van der Waals surface area contributed by atoms with Crippen molar-refractivity contribution in [3.05, 3.63) is 63.3 Å². The number of methoxy groups -OCH3 is 1. The fourth-order valence-electron chi connectivity index (χ4n) is 9.25. The van der Waals surface area contributed by atoms with E-state index in [0.29, 0.717) is 11.3 Å². The molecule has 1 saturated carbocycles. The minimum absolute atomic E-state index is 0.00225. The molecule has 3 saturated heterocycles. The molecular weight excluding hydrogens is 900 g/mol. The smallest absolute Gasteiger partial charge is 0.229 e. The summed E-state index contributed by atoms with van der Waals surface area (Å²) in [6.45, 7) is 5.38. The van der Waals surface area contributed by atoms with E-state index in [0.717, 1.165) is 11.6 Å². The van der Waals surface area contributed by atoms with Gasteiger partial charge in [0, 0.05) is 48.1 Å². The second kappa shape index (κ2) is 21.6. The van der Waals surface area contributed by atoms with E-state index in [1.807, 2.05) is 13.8 Å². The van der Waals surface area contributed by atoms with E-state index in [-0.39, 0.29) is 59.3 Å². The number of hydrogen-bond donors (Lipinski definition) is 12. The molecule has 0 amide bonds. The molecule has 19 unspecified atom stereocenters. The van der Waals surface area contributed by atoms with Gasteiger partial charge in [0.2, 0.25) is 6.29 Å². The molecular formula is C47H64O21. The average molecular weight is 965 g/mol. The molecule has 4 heterocycles. The van der Waals surface area contributed by atoms with E-state index in [1.54, 1.807) is 37.3 Å². The van der Waals surface area contributed by atoms with Gasteiger partial charge in [-0.05, 0) is 64.8 Å². The summed E-state index contributed by atoms with van der Waals surface area (Å²) in [7, 11) is 1.48. The number of rotatable bonds is 14. The number of ether oxygens (including phenoxy) is 7. The Labute approximate surface area is 390 Å². The van der Waals surface area contributed by atoms with Crippen LogP contribution in [0.5, 0.6) is 17.2 Å². The normalized spacial score (nSPS) is 37.7. The molecule has 3 aliphatic heterocycles. The summed E-state index contributed by atoms with van der Waals surface area (Å²) < 4.78 is 48.7. The minimum atomic E-state index is -1.85. The molecule has 1 aromatic heterocycles. The molecule has 3 aromatic rings. The maximum Gasteiger partial charge on any atom is 0.229 e. The van der Waals surface area contributed by atoms with Crippen molar-refractivity contribution < 1.29 is 98.9 Å². The fourth-order valence-corrected chi connectivity index (χ4v) is 9.25. The molecule has 12 N–H and O–H groups in total. The Kier molecular flexibility index (Phi) is 16.5. The number of aliphatic hydroxyl groups excluding tert-OH is 11. The highest BCUT2D eigenvalue weighted by atomic mass is 16.7. The van der Waals surface area contributed by atoms with Gasteiger partial charge >= 0.3 is 0 Å². The Hall–Kier alpha value is -3.85. The second-order valence-electron chi connectivity index (χ2n) is 18.4. The number of aliphatic hydroxyl groups is 11. The van der Waals surface area contributed by atoms with Crippen LogP contribution in [0.15, 0.2) is 51.2 Å². The van der Waals surface area contributed by atoms with Gasteiger partial charge in [0.15, 0.2) is 11.7 Å². The molecule has 0 spiro atoms. The van der Waals surface area contributed by atoms with E-state index in [2.05, 4.69) is 0 Å². The first kappa shape index (κ1) is 52.0. The topological polar surface area (TPSA) is 338 Å². The lowest BCUT2D eigenvalue weighted by atomic mass is 9.81. The lowest BCUT2D eigenvalue weighted by Gasteiger charge is -2.46. The molecule has 4 aliphatic rings. The summed E-state index contributed by atoms with van der Waals surface area (Å²) in [5.41, 5.74) is 0.540. The molecule has 1 aliphatic carbocycles. The van der Waals surface area contributed by atoms with Crippen molar-refractivity contribution in [2.45, 2.75) is 164 Å². The van der Waals surface area contributed by atoms with Crippen molar-refractivity contribution >= 4 is 11.0 Å². The molecule has 68 heavy (non-hydrogen) atoms. The number of allylic oxidation sites excluding steroid dienone is 2. The lowest BCUT2D eigenvalue weighted by molar-refractivity contribution is -0.321. The van der Waals surface area contributed by atoms with Crippen molar-refractivity contribution in [3.63, 3.8) is 0 Å². The number of aromatic hydroxyl groups is 1. The van der Waals surface area contributed by atoms with Gasteiger partial charge in [-0.1, -0.05) is 11.6 Å². The van der Waals surface area contributed by atoms with Crippen LogP contribution in [0.25, 0.3) is 22.3 Å². The van der Waals surface area contributed by atoms with Gasteiger partial charge in [-0.25, -0.2) is 0 Å². The van der Waals surface area contributed by atoms with E-state index in [1.165, 1.54) is 14.0 Å². The Morgan fingerprint density at radius 2 is 1.41 bits per heavy atom. The largest absolute Gasteiger partial charge is 0.507 e. The quantitative estimate of drug-likeness (QED) is 0.0831. The monoisotopic (exact) mass is 964 g/mol. The van der Waals surface area contributed by atoms with Crippen LogP contribution in [0, 0.1) is 5.92 Å². The van der Waals surface area contributed by atoms with Crippen LogP contribution in [-0.4, -0.2) is 192 Å². The summed E-state index contributed by atoms with van der Waals surface area (Å²) in [6, 6.07) is 7.68. The first-order chi connectivity index (χ1) is 32.3. The van der Waals surface area contributed by atoms with Crippen LogP contribution in [0.3, 0.4) is 0 Å². The summed E-state index contributed by atoms with van der Waals surface area (Å²) in [5, 5.41) is 129. The van der Waals surface area contributed by atoms with E-state index in [9.17, 15) is 61.3 Å². The van der Waals surface area contributed by atoms with Crippen LogP contribution >= 0.6 is 0 Å². The summed E-state index contributed by atoms with van der Waals surface area (Å²) >= 11 is 0. The van der Waals surface area contributed by atoms with Crippen LogP contribution < -0.4 is 14.9 Å². The van der Waals surface area contributed by atoms with E-state index < -0.39 is 141 Å². The van der Waals surface area contributed by atoms with Crippen LogP contribution in [0.4, 0.5) is 0 Å². The second-order valence-corrected chi connectivity index (χ2v) is 18.4. The zero-order valence-electron chi connectivity index (χ0n) is 38.2. The Bertz CT molecular complexity index is 2260. The van der Waals surface area contributed by atoms with Gasteiger partial charge in [0.25, 0.3) is 0 Å². The SMILES string of the molecule is COc1ccc(-c2oc3c(CC=C(C)C)c(OC4OC(CO)C(O)C(O)C4OC4CC(CO)C(O)C(O)C4O)cc(O)c3c(=O)c2CC2OC(C)C(O)CC2OC2OC(C)C(O)C(O)C2O)cc1. The highest BCUT2D eigenvalue weighted by Crippen LogP contribution is 2.41. The van der Waals surface area contributed by atoms with Gasteiger partial charge in [-0.15, -0.1) is 0 Å². The third-order valence-electron chi connectivity index (χ3n) is 13.4. The predicted octanol–water partition coefficient (Wildman–Crippen LogP) is -1.36. The predicted molar refractivity (Wildman–Crippen MR) is 235 cm³/mol. The molecule has 21 nitrogen and oxygen atoms in total. The minimum Gasteiger partial charge on any atom is -0.507 e. The molecule has 21 heteroatoms. The maximum atomic E-state index is 15.1. The van der Waals surface area contributed by atoms with Gasteiger partial charge in [-0.3, -0.25) is 4.79 Å². The van der Waals surface area contributed by atoms with Crippen molar-refractivity contribution in [2.24, 2.45) is 5.92 Å². The van der Waals surface area contributed by atoms with Gasteiger partial charge < -0.3 is 98.9 Å². The maximum absolute atomic E-state index is 15.1. The first-order valence-electron chi connectivity index (χ1n) is 22.7. The number of hydrogen-bond acceptors (Lipinski definition) is 21. The summed E-state index contributed by atoms with van der Waals surface area (Å²) in [4.78, 5) is 15.1. The Balaban J connectivity index is 1.34. The van der Waals surface area contributed by atoms with Gasteiger partial charge in [0.1, 0.15) is 88.9 Å². The van der Waals surface area contributed by atoms with Crippen molar-refractivity contribution in [1.29, 1.82) is 0 Å². The third kappa shape index (κ3) is 10.4. The number of fused-ring (bicyclic) bond motifs is 1. The number of phenolic OH excluding ortho intramolecular Hbond substituents is 1. The Morgan fingerprint density at radius 3 is 2.06 bits per heavy atom. The lowest BCUT2D eigenvalue weighted by Crippen LogP contribution is -2.64. The van der Waals surface area contributed by atoms with Crippen molar-refractivity contribution in [1.82, 2.24) is 0 Å². The Morgan fingerprint density at radius 1 is 0.721 bits per heavy atom. The molecule has 0 bridgehead atoms. The third-order valence-corrected chi connectivity index (χ3v) is 13.4. The van der Waals surface area contributed by atoms with E-state index >= 15 is 4.79 Å². The molecule has 378 valence electrons. The first-order valence-corrected chi connectivity index (χ1v) is 22.7. The summed E-state index contributed by atoms with van der Waals surface area (Å²) in [6.07, 6.45) is -24.5. The van der Waals surface area contributed by atoms with Crippen molar-refractivity contribution in [3.8, 4) is 28.6 Å². The van der Waals surface area contributed by atoms with E-state index in [4.69, 9.17) is 37.6 Å². The highest BCUT2D eigenvalue weighted by Gasteiger charge is 2.51. The standard InChI is InChI=1S/C47H64O21/c1-18(2)6-11-24-28(65-47-45(41(59)38(56)32(17-49)67-47)64-31-12-22(16-48)35(53)40(58)37(31)55)15-27(51)33-36(54)25(43(68-44(24)33)21-7-9-23(61-5)10-8-21)13-29-30(14-26(50)19(3)62-29)66-46-42(60)39(57)34(52)20(4)63-46/h6-10,15,19-20,22,26,29-32,34-35,37-42,45-53,55-60H,11-14,16-17H2,1-5H3. The van der Waals surface area contributed by atoms with Crippen LogP contribution in [-0.2, 0) is 36.5 Å². The molecule has 19 atom stereocenters. The molecule has 7 rings (SSSR count). The highest BCUT2D eigenvalue weighted by molar-refractivity contribution is 5.90. The van der Waals surface area contributed by atoms with Gasteiger partial charge in [0.05, 0.1) is 56.4 Å². The van der Waals surface area contributed by atoms with Crippen molar-refractivity contribution in [2.75, 3.05) is 20.3 Å². The number of benzene rings is 2. The molecule has 0 radical (unpaired) electrons. The molecule has 2 aromatic carbocycles. The molecule has 4 fully saturated rings. The summed E-state index contributed by atoms with van der Waals surface area (Å²) in [5.74, 6) is -1.24. The zero-order chi connectivity index (χ0) is 49.5. The fraction of sp³-hybridized carbons (Fsp3) is 0.638. The number of phenols is 1. The van der Waals surface area contributed by atoms with Crippen LogP contribution in [0.2, 0.25) is 0 Å². The zero-order valence-corrected chi connectivity index (χ0v) is 38.2. The van der Waals surface area contributed by atoms with Crippen LogP contribution in [0.1, 0.15) is 51.7 Å².